The second-order valence-corrected chi connectivity index (χ2v) is 12.5. The van der Waals surface area contributed by atoms with E-state index in [9.17, 15) is 9.90 Å². The van der Waals surface area contributed by atoms with Crippen molar-refractivity contribution in [1.82, 2.24) is 29.5 Å². The van der Waals surface area contributed by atoms with Gasteiger partial charge in [0.15, 0.2) is 5.65 Å². The van der Waals surface area contributed by atoms with Crippen LogP contribution in [0.4, 0.5) is 10.6 Å². The van der Waals surface area contributed by atoms with E-state index >= 15 is 0 Å². The molecule has 10 nitrogen and oxygen atoms in total. The number of benzene rings is 2. The topological polar surface area (TPSA) is 123 Å². The number of nitrogen functional groups attached to an aromatic ring is 1. The number of hydrogen-bond acceptors (Lipinski definition) is 7. The minimum atomic E-state index is -0.795. The first-order chi connectivity index (χ1) is 20.8. The summed E-state index contributed by atoms with van der Waals surface area (Å²) in [7, 11) is 0. The number of likely N-dealkylation sites (tertiary alicyclic amines) is 2. The van der Waals surface area contributed by atoms with Crippen molar-refractivity contribution in [2.45, 2.75) is 52.0 Å². The summed E-state index contributed by atoms with van der Waals surface area (Å²) in [6.45, 7) is 9.05. The summed E-state index contributed by atoms with van der Waals surface area (Å²) in [5, 5.41) is 15.2. The van der Waals surface area contributed by atoms with E-state index in [-0.39, 0.29) is 11.5 Å². The highest BCUT2D eigenvalue weighted by atomic mass is 16.5. The molecule has 3 N–H and O–H groups in total. The fourth-order valence-electron chi connectivity index (χ4n) is 6.65. The van der Waals surface area contributed by atoms with Crippen molar-refractivity contribution in [2.75, 3.05) is 38.5 Å². The Labute approximate surface area is 252 Å². The first kappa shape index (κ1) is 28.9. The number of fused-ring (bicyclic) bond motifs is 1. The van der Waals surface area contributed by atoms with Gasteiger partial charge >= 0.3 is 6.09 Å². The van der Waals surface area contributed by atoms with Gasteiger partial charge in [0.2, 0.25) is 0 Å². The van der Waals surface area contributed by atoms with Crippen LogP contribution in [0.15, 0.2) is 60.9 Å². The number of carboxylic acid groups (broad SMARTS) is 1. The number of ether oxygens (including phenoxy) is 1. The zero-order chi connectivity index (χ0) is 30.0. The molecule has 0 aliphatic carbocycles. The molecule has 0 atom stereocenters. The summed E-state index contributed by atoms with van der Waals surface area (Å²) >= 11 is 0. The molecule has 4 aromatic rings. The van der Waals surface area contributed by atoms with Gasteiger partial charge in [-0.25, -0.2) is 19.4 Å². The fourth-order valence-corrected chi connectivity index (χ4v) is 6.65. The van der Waals surface area contributed by atoms with E-state index in [2.05, 4.69) is 33.4 Å². The van der Waals surface area contributed by atoms with Gasteiger partial charge in [-0.15, -0.1) is 0 Å². The molecule has 0 saturated carbocycles. The average Bonchev–Trinajstić information content (AvgIpc) is 3.42. The SMILES string of the molecule is CC(C)(CCN1CCC(n2nc(-c3ccc(Oc4ccccc4)cc3)c3c(N)ncnc32)CC1)C1CCN(C(=O)O)CC1. The van der Waals surface area contributed by atoms with Gasteiger partial charge in [-0.05, 0) is 86.4 Å². The van der Waals surface area contributed by atoms with Crippen molar-refractivity contribution in [2.24, 2.45) is 11.3 Å². The molecule has 2 saturated heterocycles. The number of aromatic nitrogens is 4. The highest BCUT2D eigenvalue weighted by Crippen LogP contribution is 2.39. The zero-order valence-electron chi connectivity index (χ0n) is 25.0. The number of nitrogens with zero attached hydrogens (tertiary/aromatic N) is 6. The predicted octanol–water partition coefficient (Wildman–Crippen LogP) is 6.31. The number of anilines is 1. The number of piperidine rings is 2. The van der Waals surface area contributed by atoms with Crippen LogP contribution in [0.25, 0.3) is 22.3 Å². The van der Waals surface area contributed by atoms with Crippen molar-refractivity contribution in [1.29, 1.82) is 0 Å². The maximum Gasteiger partial charge on any atom is 0.407 e. The Hall–Kier alpha value is -4.18. The summed E-state index contributed by atoms with van der Waals surface area (Å²) in [5.74, 6) is 2.53. The van der Waals surface area contributed by atoms with E-state index in [1.807, 2.05) is 54.6 Å². The molecule has 226 valence electrons. The highest BCUT2D eigenvalue weighted by molar-refractivity contribution is 5.98. The van der Waals surface area contributed by atoms with Crippen LogP contribution in [0.1, 0.15) is 52.0 Å². The third-order valence-corrected chi connectivity index (χ3v) is 9.47. The van der Waals surface area contributed by atoms with E-state index in [1.165, 1.54) is 6.33 Å². The Morgan fingerprint density at radius 3 is 2.30 bits per heavy atom. The largest absolute Gasteiger partial charge is 0.465 e. The molecule has 0 unspecified atom stereocenters. The lowest BCUT2D eigenvalue weighted by molar-refractivity contribution is 0.0726. The number of para-hydroxylation sites is 1. The number of hydrogen-bond donors (Lipinski definition) is 2. The molecule has 2 fully saturated rings. The van der Waals surface area contributed by atoms with Gasteiger partial charge in [-0.3, -0.25) is 0 Å². The van der Waals surface area contributed by atoms with Crippen LogP contribution in [0.2, 0.25) is 0 Å². The van der Waals surface area contributed by atoms with Crippen molar-refractivity contribution in [3.8, 4) is 22.8 Å². The standard InChI is InChI=1S/C33H41N7O3/c1-33(2,24-12-19-39(20-13-24)32(41)42)16-21-38-17-14-25(15-18-38)40-31-28(30(34)35-22-36-31)29(37-40)23-8-10-27(11-9-23)43-26-6-4-3-5-7-26/h3-11,22,24-25H,12-21H2,1-2H3,(H,41,42)(H2,34,35,36). The molecule has 2 aromatic carbocycles. The van der Waals surface area contributed by atoms with Crippen LogP contribution in [-0.2, 0) is 0 Å². The van der Waals surface area contributed by atoms with E-state index in [4.69, 9.17) is 15.6 Å². The van der Waals surface area contributed by atoms with Crippen LogP contribution >= 0.6 is 0 Å². The van der Waals surface area contributed by atoms with Crippen LogP contribution in [0, 0.1) is 11.3 Å². The number of amides is 1. The maximum atomic E-state index is 11.3. The molecule has 0 spiro atoms. The van der Waals surface area contributed by atoms with Gasteiger partial charge in [0, 0.05) is 31.7 Å². The molecule has 4 heterocycles. The first-order valence-electron chi connectivity index (χ1n) is 15.3. The summed E-state index contributed by atoms with van der Waals surface area (Å²) in [4.78, 5) is 24.3. The van der Waals surface area contributed by atoms with Crippen molar-refractivity contribution < 1.29 is 14.6 Å². The van der Waals surface area contributed by atoms with Gasteiger partial charge in [-0.1, -0.05) is 32.0 Å². The average molecular weight is 584 g/mol. The number of rotatable bonds is 8. The van der Waals surface area contributed by atoms with Gasteiger partial charge in [0.1, 0.15) is 29.3 Å². The molecule has 10 heteroatoms. The third-order valence-electron chi connectivity index (χ3n) is 9.47. The van der Waals surface area contributed by atoms with Crippen molar-refractivity contribution in [3.63, 3.8) is 0 Å². The molecule has 43 heavy (non-hydrogen) atoms. The molecule has 2 aliphatic heterocycles. The van der Waals surface area contributed by atoms with Crippen LogP contribution in [0.3, 0.4) is 0 Å². The summed E-state index contributed by atoms with van der Waals surface area (Å²) in [5.41, 5.74) is 9.08. The lowest BCUT2D eigenvalue weighted by Gasteiger charge is -2.41. The lowest BCUT2D eigenvalue weighted by atomic mass is 9.71. The lowest BCUT2D eigenvalue weighted by Crippen LogP contribution is -2.43. The first-order valence-corrected chi connectivity index (χ1v) is 15.3. The Bertz CT molecular complexity index is 1540. The molecule has 0 bridgehead atoms. The van der Waals surface area contributed by atoms with E-state index < -0.39 is 6.09 Å². The fraction of sp³-hybridized carbons (Fsp3) is 0.455. The third kappa shape index (κ3) is 6.29. The zero-order valence-corrected chi connectivity index (χ0v) is 25.0. The minimum absolute atomic E-state index is 0.185. The van der Waals surface area contributed by atoms with Crippen molar-refractivity contribution >= 4 is 22.9 Å². The number of carbonyl (C=O) groups is 1. The van der Waals surface area contributed by atoms with Gasteiger partial charge in [-0.2, -0.15) is 5.10 Å². The van der Waals surface area contributed by atoms with Crippen molar-refractivity contribution in [3.05, 3.63) is 60.9 Å². The second-order valence-electron chi connectivity index (χ2n) is 12.5. The highest BCUT2D eigenvalue weighted by Gasteiger charge is 2.34. The van der Waals surface area contributed by atoms with E-state index in [1.54, 1.807) is 4.90 Å². The molecule has 0 radical (unpaired) electrons. The monoisotopic (exact) mass is 583 g/mol. The van der Waals surface area contributed by atoms with E-state index in [0.717, 1.165) is 85.5 Å². The predicted molar refractivity (Wildman–Crippen MR) is 167 cm³/mol. The minimum Gasteiger partial charge on any atom is -0.465 e. The Kier molecular flexibility index (Phi) is 8.21. The second kappa shape index (κ2) is 12.2. The molecular weight excluding hydrogens is 542 g/mol. The van der Waals surface area contributed by atoms with Gasteiger partial charge < -0.3 is 25.4 Å². The van der Waals surface area contributed by atoms with Gasteiger partial charge in [0.05, 0.1) is 11.4 Å². The smallest absolute Gasteiger partial charge is 0.407 e. The Morgan fingerprint density at radius 2 is 1.63 bits per heavy atom. The normalized spacial score (nSPS) is 17.4. The maximum absolute atomic E-state index is 11.3. The molecule has 2 aliphatic rings. The summed E-state index contributed by atoms with van der Waals surface area (Å²) in [6.07, 6.45) is 5.71. The number of nitrogens with two attached hydrogens (primary N) is 1. The van der Waals surface area contributed by atoms with E-state index in [0.29, 0.717) is 24.8 Å². The van der Waals surface area contributed by atoms with Crippen LogP contribution < -0.4 is 10.5 Å². The Morgan fingerprint density at radius 1 is 0.953 bits per heavy atom. The quantitative estimate of drug-likeness (QED) is 0.247. The molecule has 6 rings (SSSR count). The molecular formula is C33H41N7O3. The van der Waals surface area contributed by atoms with Gasteiger partial charge in [0.25, 0.3) is 0 Å². The van der Waals surface area contributed by atoms with Crippen LogP contribution in [-0.4, -0.2) is 73.5 Å². The Balaban J connectivity index is 1.11. The summed E-state index contributed by atoms with van der Waals surface area (Å²) in [6, 6.07) is 17.9. The molecule has 2 aromatic heterocycles. The molecule has 1 amide bonds. The summed E-state index contributed by atoms with van der Waals surface area (Å²) < 4.78 is 8.04. The van der Waals surface area contributed by atoms with Crippen LogP contribution in [0.5, 0.6) is 11.5 Å².